The second-order valence-electron chi connectivity index (χ2n) is 4.40. The highest BCUT2D eigenvalue weighted by molar-refractivity contribution is 6.32. The van der Waals surface area contributed by atoms with Gasteiger partial charge in [0.25, 0.3) is 0 Å². The van der Waals surface area contributed by atoms with Gasteiger partial charge < -0.3 is 14.6 Å². The molecule has 0 radical (unpaired) electrons. The lowest BCUT2D eigenvalue weighted by molar-refractivity contribution is 0.415. The van der Waals surface area contributed by atoms with Gasteiger partial charge in [0.15, 0.2) is 0 Å². The highest BCUT2D eigenvalue weighted by atomic mass is 35.5. The maximum Gasteiger partial charge on any atom is 0.139 e. The second kappa shape index (κ2) is 6.53. The first kappa shape index (κ1) is 13.8. The molecule has 0 bridgehead atoms. The van der Waals surface area contributed by atoms with Gasteiger partial charge in [-0.25, -0.2) is 0 Å². The Hall–Kier alpha value is -1.61. The Bertz CT molecular complexity index is 537. The molecule has 0 aliphatic heterocycles. The Kier molecular flexibility index (Phi) is 4.74. The molecule has 0 saturated carbocycles. The number of anilines is 1. The van der Waals surface area contributed by atoms with Gasteiger partial charge in [-0.15, -0.1) is 0 Å². The normalized spacial score (nSPS) is 10.5. The predicted molar refractivity (Wildman–Crippen MR) is 80.1 cm³/mol. The number of aryl methyl sites for hydroxylation is 1. The number of hydrogen-bond donors (Lipinski definition) is 1. The molecule has 2 aromatic rings. The van der Waals surface area contributed by atoms with Crippen LogP contribution in [-0.2, 0) is 13.1 Å². The number of methoxy groups -OCH3 is 1. The van der Waals surface area contributed by atoms with Crippen LogP contribution in [0.25, 0.3) is 0 Å². The van der Waals surface area contributed by atoms with Crippen molar-refractivity contribution in [2.75, 3.05) is 12.4 Å². The molecule has 0 saturated heterocycles. The van der Waals surface area contributed by atoms with Gasteiger partial charge in [-0.3, -0.25) is 0 Å². The number of rotatable bonds is 6. The molecule has 0 fully saturated rings. The standard InChI is InChI=1S/C15H19ClN2O/c1-3-8-18-9-4-5-13(18)11-17-12-6-7-14(16)15(10-12)19-2/h4-7,9-10,17H,3,8,11H2,1-2H3. The molecule has 3 nitrogen and oxygen atoms in total. The van der Waals surface area contributed by atoms with E-state index < -0.39 is 0 Å². The molecular formula is C15H19ClN2O. The largest absolute Gasteiger partial charge is 0.495 e. The molecule has 1 aromatic carbocycles. The van der Waals surface area contributed by atoms with Crippen molar-refractivity contribution in [3.05, 3.63) is 47.2 Å². The van der Waals surface area contributed by atoms with Crippen LogP contribution in [-0.4, -0.2) is 11.7 Å². The summed E-state index contributed by atoms with van der Waals surface area (Å²) < 4.78 is 7.47. The van der Waals surface area contributed by atoms with E-state index in [0.717, 1.165) is 25.2 Å². The van der Waals surface area contributed by atoms with Gasteiger partial charge in [0.05, 0.1) is 18.7 Å². The summed E-state index contributed by atoms with van der Waals surface area (Å²) in [6.45, 7) is 4.02. The fourth-order valence-electron chi connectivity index (χ4n) is 2.03. The maximum atomic E-state index is 6.01. The zero-order valence-electron chi connectivity index (χ0n) is 11.3. The van der Waals surface area contributed by atoms with E-state index in [9.17, 15) is 0 Å². The molecule has 102 valence electrons. The minimum absolute atomic E-state index is 0.627. The number of ether oxygens (including phenoxy) is 1. The van der Waals surface area contributed by atoms with Crippen LogP contribution in [0, 0.1) is 0 Å². The lowest BCUT2D eigenvalue weighted by atomic mass is 10.3. The second-order valence-corrected chi connectivity index (χ2v) is 4.80. The number of nitrogens with one attached hydrogen (secondary N) is 1. The van der Waals surface area contributed by atoms with Crippen molar-refractivity contribution in [1.29, 1.82) is 0 Å². The molecule has 0 unspecified atom stereocenters. The Morgan fingerprint density at radius 1 is 1.32 bits per heavy atom. The zero-order chi connectivity index (χ0) is 13.7. The summed E-state index contributed by atoms with van der Waals surface area (Å²) in [5, 5.41) is 4.02. The van der Waals surface area contributed by atoms with Crippen molar-refractivity contribution in [2.45, 2.75) is 26.4 Å². The van der Waals surface area contributed by atoms with Gasteiger partial charge in [-0.2, -0.15) is 0 Å². The van der Waals surface area contributed by atoms with Crippen LogP contribution in [0.2, 0.25) is 5.02 Å². The predicted octanol–water partition coefficient (Wildman–Crippen LogP) is 4.17. The number of aromatic nitrogens is 1. The minimum atomic E-state index is 0.627. The van der Waals surface area contributed by atoms with Crippen molar-refractivity contribution in [3.8, 4) is 5.75 Å². The molecule has 0 spiro atoms. The van der Waals surface area contributed by atoms with Crippen molar-refractivity contribution in [2.24, 2.45) is 0 Å². The Labute approximate surface area is 119 Å². The minimum Gasteiger partial charge on any atom is -0.495 e. The van der Waals surface area contributed by atoms with E-state index in [4.69, 9.17) is 16.3 Å². The first-order valence-electron chi connectivity index (χ1n) is 6.46. The van der Waals surface area contributed by atoms with Crippen LogP contribution >= 0.6 is 11.6 Å². The van der Waals surface area contributed by atoms with E-state index in [0.29, 0.717) is 10.8 Å². The molecule has 1 heterocycles. The van der Waals surface area contributed by atoms with Crippen LogP contribution in [0.5, 0.6) is 5.75 Å². The molecule has 0 aliphatic carbocycles. The third-order valence-electron chi connectivity index (χ3n) is 3.01. The van der Waals surface area contributed by atoms with E-state index in [1.165, 1.54) is 5.69 Å². The van der Waals surface area contributed by atoms with Crippen molar-refractivity contribution in [3.63, 3.8) is 0 Å². The number of hydrogen-bond acceptors (Lipinski definition) is 2. The number of halogens is 1. The van der Waals surface area contributed by atoms with Gasteiger partial charge in [-0.1, -0.05) is 18.5 Å². The summed E-state index contributed by atoms with van der Waals surface area (Å²) in [5.41, 5.74) is 2.28. The third kappa shape index (κ3) is 3.44. The number of benzene rings is 1. The highest BCUT2D eigenvalue weighted by Crippen LogP contribution is 2.27. The molecule has 19 heavy (non-hydrogen) atoms. The van der Waals surface area contributed by atoms with Crippen LogP contribution in [0.15, 0.2) is 36.5 Å². The van der Waals surface area contributed by atoms with E-state index in [-0.39, 0.29) is 0 Å². The molecule has 1 aromatic heterocycles. The Morgan fingerprint density at radius 3 is 2.89 bits per heavy atom. The first-order valence-corrected chi connectivity index (χ1v) is 6.83. The summed E-state index contributed by atoms with van der Waals surface area (Å²) in [6, 6.07) is 9.92. The average molecular weight is 279 g/mol. The Morgan fingerprint density at radius 2 is 2.16 bits per heavy atom. The first-order chi connectivity index (χ1) is 9.24. The zero-order valence-corrected chi connectivity index (χ0v) is 12.1. The van der Waals surface area contributed by atoms with Crippen molar-refractivity contribution in [1.82, 2.24) is 4.57 Å². The summed E-state index contributed by atoms with van der Waals surface area (Å²) >= 11 is 6.01. The molecule has 0 amide bonds. The lowest BCUT2D eigenvalue weighted by Crippen LogP contribution is -2.07. The molecule has 1 N–H and O–H groups in total. The summed E-state index contributed by atoms with van der Waals surface area (Å²) in [7, 11) is 1.62. The maximum absolute atomic E-state index is 6.01. The van der Waals surface area contributed by atoms with Crippen LogP contribution in [0.1, 0.15) is 19.0 Å². The van der Waals surface area contributed by atoms with Crippen LogP contribution in [0.3, 0.4) is 0 Å². The van der Waals surface area contributed by atoms with E-state index in [1.807, 2.05) is 18.2 Å². The summed E-state index contributed by atoms with van der Waals surface area (Å²) in [6.07, 6.45) is 3.25. The van der Waals surface area contributed by atoms with Crippen LogP contribution < -0.4 is 10.1 Å². The van der Waals surface area contributed by atoms with Gasteiger partial charge in [0.1, 0.15) is 5.75 Å². The molecule has 0 atom stereocenters. The number of nitrogens with zero attached hydrogens (tertiary/aromatic N) is 1. The van der Waals surface area contributed by atoms with Gasteiger partial charge in [-0.05, 0) is 30.7 Å². The van der Waals surface area contributed by atoms with Crippen LogP contribution in [0.4, 0.5) is 5.69 Å². The molecular weight excluding hydrogens is 260 g/mol. The lowest BCUT2D eigenvalue weighted by Gasteiger charge is -2.11. The van der Waals surface area contributed by atoms with Crippen molar-refractivity contribution >= 4 is 17.3 Å². The van der Waals surface area contributed by atoms with Crippen molar-refractivity contribution < 1.29 is 4.74 Å². The third-order valence-corrected chi connectivity index (χ3v) is 3.33. The van der Waals surface area contributed by atoms with E-state index >= 15 is 0 Å². The summed E-state index contributed by atoms with van der Waals surface area (Å²) in [4.78, 5) is 0. The summed E-state index contributed by atoms with van der Waals surface area (Å²) in [5.74, 6) is 0.690. The van der Waals surface area contributed by atoms with Gasteiger partial charge in [0, 0.05) is 30.2 Å². The topological polar surface area (TPSA) is 26.2 Å². The fourth-order valence-corrected chi connectivity index (χ4v) is 2.23. The SMILES string of the molecule is CCCn1cccc1CNc1ccc(Cl)c(OC)c1. The fraction of sp³-hybridized carbons (Fsp3) is 0.333. The Balaban J connectivity index is 2.04. The highest BCUT2D eigenvalue weighted by Gasteiger charge is 2.03. The van der Waals surface area contributed by atoms with Gasteiger partial charge in [0.2, 0.25) is 0 Å². The molecule has 2 rings (SSSR count). The molecule has 4 heteroatoms. The average Bonchev–Trinajstić information content (AvgIpc) is 2.86. The quantitative estimate of drug-likeness (QED) is 0.858. The van der Waals surface area contributed by atoms with E-state index in [2.05, 4.69) is 35.1 Å². The van der Waals surface area contributed by atoms with E-state index in [1.54, 1.807) is 7.11 Å². The smallest absolute Gasteiger partial charge is 0.139 e. The monoisotopic (exact) mass is 278 g/mol. The van der Waals surface area contributed by atoms with Gasteiger partial charge >= 0.3 is 0 Å². The molecule has 0 aliphatic rings.